The van der Waals surface area contributed by atoms with Crippen molar-refractivity contribution in [3.8, 4) is 5.75 Å². The predicted octanol–water partition coefficient (Wildman–Crippen LogP) is 2.72. The van der Waals surface area contributed by atoms with Gasteiger partial charge in [-0.15, -0.1) is 0 Å². The molecule has 1 aromatic rings. The first-order chi connectivity index (χ1) is 7.04. The number of ether oxygens (including phenoxy) is 1. The van der Waals surface area contributed by atoms with E-state index >= 15 is 0 Å². The number of carboxylic acid groups (broad SMARTS) is 1. The van der Waals surface area contributed by atoms with Gasteiger partial charge in [0.1, 0.15) is 11.6 Å². The maximum atomic E-state index is 12.8. The third-order valence-corrected chi connectivity index (χ3v) is 2.12. The van der Waals surface area contributed by atoms with Gasteiger partial charge in [-0.3, -0.25) is 0 Å². The number of hydrogen-bond acceptors (Lipinski definition) is 2. The van der Waals surface area contributed by atoms with Gasteiger partial charge in [-0.2, -0.15) is 0 Å². The van der Waals surface area contributed by atoms with Crippen molar-refractivity contribution >= 4 is 17.6 Å². The van der Waals surface area contributed by atoms with Crippen LogP contribution in [0.25, 0.3) is 0 Å². The van der Waals surface area contributed by atoms with E-state index in [1.165, 1.54) is 12.1 Å². The molecule has 1 rings (SSSR count). The fourth-order valence-electron chi connectivity index (χ4n) is 1.03. The molecule has 0 saturated carbocycles. The molecule has 0 aromatic heterocycles. The minimum atomic E-state index is -1.10. The number of benzene rings is 1. The monoisotopic (exact) mass is 232 g/mol. The van der Waals surface area contributed by atoms with Gasteiger partial charge in [0, 0.05) is 6.07 Å². The lowest BCUT2D eigenvalue weighted by Crippen LogP contribution is -2.26. The van der Waals surface area contributed by atoms with Crippen LogP contribution in [0.15, 0.2) is 18.2 Å². The van der Waals surface area contributed by atoms with Gasteiger partial charge in [-0.25, -0.2) is 9.18 Å². The Labute approximate surface area is 91.4 Å². The van der Waals surface area contributed by atoms with Crippen molar-refractivity contribution in [2.75, 3.05) is 0 Å². The molecule has 0 fully saturated rings. The van der Waals surface area contributed by atoms with Crippen molar-refractivity contribution in [3.63, 3.8) is 0 Å². The number of halogens is 2. The first-order valence-electron chi connectivity index (χ1n) is 4.39. The fourth-order valence-corrected chi connectivity index (χ4v) is 1.19. The fraction of sp³-hybridized carbons (Fsp3) is 0.300. The van der Waals surface area contributed by atoms with E-state index in [9.17, 15) is 9.18 Å². The number of hydrogen-bond donors (Lipinski definition) is 1. The lowest BCUT2D eigenvalue weighted by Gasteiger charge is -2.14. The van der Waals surface area contributed by atoms with Crippen LogP contribution in [0, 0.1) is 5.82 Å². The molecule has 3 nitrogen and oxygen atoms in total. The Balaban J connectivity index is 2.87. The van der Waals surface area contributed by atoms with E-state index in [1.54, 1.807) is 6.92 Å². The SMILES string of the molecule is CCC(Oc1cc(F)ccc1Cl)C(=O)O. The summed E-state index contributed by atoms with van der Waals surface area (Å²) in [6, 6.07) is 3.56. The molecular formula is C10H10ClFO3. The van der Waals surface area contributed by atoms with Crippen molar-refractivity contribution in [2.45, 2.75) is 19.4 Å². The lowest BCUT2D eigenvalue weighted by atomic mass is 10.2. The number of rotatable bonds is 4. The van der Waals surface area contributed by atoms with E-state index in [2.05, 4.69) is 0 Å². The molecule has 1 N–H and O–H groups in total. The van der Waals surface area contributed by atoms with E-state index < -0.39 is 17.9 Å². The van der Waals surface area contributed by atoms with Crippen LogP contribution in [0.3, 0.4) is 0 Å². The van der Waals surface area contributed by atoms with Crippen LogP contribution in [-0.2, 0) is 4.79 Å². The summed E-state index contributed by atoms with van der Waals surface area (Å²) in [4.78, 5) is 10.7. The van der Waals surface area contributed by atoms with Crippen LogP contribution in [-0.4, -0.2) is 17.2 Å². The van der Waals surface area contributed by atoms with E-state index in [0.717, 1.165) is 6.07 Å². The van der Waals surface area contributed by atoms with Crippen LogP contribution in [0.5, 0.6) is 5.75 Å². The van der Waals surface area contributed by atoms with E-state index in [-0.39, 0.29) is 17.2 Å². The maximum absolute atomic E-state index is 12.8. The van der Waals surface area contributed by atoms with Gasteiger partial charge in [0.2, 0.25) is 0 Å². The molecule has 0 radical (unpaired) electrons. The second-order valence-corrected chi connectivity index (χ2v) is 3.33. The Morgan fingerprint density at radius 2 is 2.33 bits per heavy atom. The summed E-state index contributed by atoms with van der Waals surface area (Å²) >= 11 is 5.72. The van der Waals surface area contributed by atoms with Gasteiger partial charge < -0.3 is 9.84 Å². The highest BCUT2D eigenvalue weighted by Crippen LogP contribution is 2.26. The molecule has 0 bridgehead atoms. The molecule has 1 aromatic carbocycles. The van der Waals surface area contributed by atoms with Gasteiger partial charge in [-0.1, -0.05) is 18.5 Å². The maximum Gasteiger partial charge on any atom is 0.344 e. The minimum absolute atomic E-state index is 0.0471. The van der Waals surface area contributed by atoms with Gasteiger partial charge in [0.05, 0.1) is 5.02 Å². The van der Waals surface area contributed by atoms with Gasteiger partial charge in [0.15, 0.2) is 6.10 Å². The summed E-state index contributed by atoms with van der Waals surface area (Å²) in [5.74, 6) is -1.57. The standard InChI is InChI=1S/C10H10ClFO3/c1-2-8(10(13)14)15-9-5-6(12)3-4-7(9)11/h3-5,8H,2H2,1H3,(H,13,14). The van der Waals surface area contributed by atoms with E-state index in [0.29, 0.717) is 0 Å². The molecule has 0 heterocycles. The molecule has 1 unspecified atom stereocenters. The first kappa shape index (κ1) is 11.8. The highest BCUT2D eigenvalue weighted by molar-refractivity contribution is 6.32. The van der Waals surface area contributed by atoms with Crippen molar-refractivity contribution in [2.24, 2.45) is 0 Å². The van der Waals surface area contributed by atoms with Gasteiger partial charge >= 0.3 is 5.97 Å². The average Bonchev–Trinajstić information content (AvgIpc) is 2.18. The second kappa shape index (κ2) is 4.98. The Hall–Kier alpha value is -1.29. The zero-order valence-electron chi connectivity index (χ0n) is 8.04. The highest BCUT2D eigenvalue weighted by atomic mass is 35.5. The molecule has 0 aliphatic rings. The van der Waals surface area contributed by atoms with Crippen molar-refractivity contribution in [1.82, 2.24) is 0 Å². The van der Waals surface area contributed by atoms with Crippen molar-refractivity contribution in [1.29, 1.82) is 0 Å². The Kier molecular flexibility index (Phi) is 3.91. The molecule has 0 spiro atoms. The van der Waals surface area contributed by atoms with Crippen LogP contribution in [0.1, 0.15) is 13.3 Å². The number of aliphatic carboxylic acids is 1. The molecule has 0 amide bonds. The summed E-state index contributed by atoms with van der Waals surface area (Å²) in [5, 5.41) is 8.92. The summed E-state index contributed by atoms with van der Waals surface area (Å²) in [5.41, 5.74) is 0. The van der Waals surface area contributed by atoms with E-state index in [4.69, 9.17) is 21.4 Å². The summed E-state index contributed by atoms with van der Waals surface area (Å²) in [6.45, 7) is 1.66. The molecule has 1 atom stereocenters. The third-order valence-electron chi connectivity index (χ3n) is 1.81. The lowest BCUT2D eigenvalue weighted by molar-refractivity contribution is -0.145. The molecule has 82 valence electrons. The molecule has 15 heavy (non-hydrogen) atoms. The number of carboxylic acids is 1. The first-order valence-corrected chi connectivity index (χ1v) is 4.77. The Morgan fingerprint density at radius 3 is 2.87 bits per heavy atom. The summed E-state index contributed by atoms with van der Waals surface area (Å²) < 4.78 is 17.9. The van der Waals surface area contributed by atoms with Crippen LogP contribution in [0.2, 0.25) is 5.02 Å². The normalized spacial score (nSPS) is 12.2. The second-order valence-electron chi connectivity index (χ2n) is 2.93. The van der Waals surface area contributed by atoms with Crippen LogP contribution < -0.4 is 4.74 Å². The smallest absolute Gasteiger partial charge is 0.344 e. The largest absolute Gasteiger partial charge is 0.479 e. The molecule has 0 aliphatic carbocycles. The summed E-state index contributed by atoms with van der Waals surface area (Å²) in [6.07, 6.45) is -0.730. The zero-order valence-corrected chi connectivity index (χ0v) is 8.79. The molecule has 0 aliphatic heterocycles. The van der Waals surface area contributed by atoms with Gasteiger partial charge in [0.25, 0.3) is 0 Å². The molecular weight excluding hydrogens is 223 g/mol. The minimum Gasteiger partial charge on any atom is -0.479 e. The van der Waals surface area contributed by atoms with Crippen molar-refractivity contribution < 1.29 is 19.0 Å². The highest BCUT2D eigenvalue weighted by Gasteiger charge is 2.18. The molecule has 5 heteroatoms. The quantitative estimate of drug-likeness (QED) is 0.868. The van der Waals surface area contributed by atoms with Crippen molar-refractivity contribution in [3.05, 3.63) is 29.0 Å². The Bertz CT molecular complexity index is 368. The third kappa shape index (κ3) is 3.09. The summed E-state index contributed by atoms with van der Waals surface area (Å²) in [7, 11) is 0. The Morgan fingerprint density at radius 1 is 1.67 bits per heavy atom. The van der Waals surface area contributed by atoms with Gasteiger partial charge in [-0.05, 0) is 18.6 Å². The van der Waals surface area contributed by atoms with Crippen LogP contribution in [0.4, 0.5) is 4.39 Å². The topological polar surface area (TPSA) is 46.5 Å². The number of carbonyl (C=O) groups is 1. The molecule has 0 saturated heterocycles. The zero-order chi connectivity index (χ0) is 11.4. The van der Waals surface area contributed by atoms with E-state index in [1.807, 2.05) is 0 Å². The predicted molar refractivity (Wildman–Crippen MR) is 53.8 cm³/mol. The average molecular weight is 233 g/mol. The van der Waals surface area contributed by atoms with Crippen LogP contribution >= 0.6 is 11.6 Å².